The summed E-state index contributed by atoms with van der Waals surface area (Å²) in [4.78, 5) is 37.3. The number of carbonyl (C=O) groups is 3. The SMILES string of the molecule is CC(C)C(=O)Nc1ccc(NCC(=O)Nc2cccc(C(=O)N(C)C)c2)cc1. The van der Waals surface area contributed by atoms with Crippen LogP contribution in [0.4, 0.5) is 17.1 Å². The highest BCUT2D eigenvalue weighted by Gasteiger charge is 2.10. The fraction of sp³-hybridized carbons (Fsp3) is 0.286. The van der Waals surface area contributed by atoms with E-state index in [1.807, 2.05) is 13.8 Å². The molecular formula is C21H26N4O3. The van der Waals surface area contributed by atoms with Gasteiger partial charge in [-0.1, -0.05) is 19.9 Å². The van der Waals surface area contributed by atoms with Gasteiger partial charge in [-0.2, -0.15) is 0 Å². The molecule has 0 fully saturated rings. The number of nitrogens with zero attached hydrogens (tertiary/aromatic N) is 1. The standard InChI is InChI=1S/C21H26N4O3/c1-14(2)20(27)24-17-10-8-16(9-11-17)22-13-19(26)23-18-7-5-6-15(12-18)21(28)25(3)4/h5-12,14,22H,13H2,1-4H3,(H,23,26)(H,24,27). The summed E-state index contributed by atoms with van der Waals surface area (Å²) in [5.74, 6) is -0.492. The molecule has 2 rings (SSSR count). The molecule has 0 bridgehead atoms. The van der Waals surface area contributed by atoms with E-state index >= 15 is 0 Å². The number of hydrogen-bond donors (Lipinski definition) is 3. The van der Waals surface area contributed by atoms with Gasteiger partial charge in [0.25, 0.3) is 5.91 Å². The molecule has 0 heterocycles. The van der Waals surface area contributed by atoms with E-state index in [0.717, 1.165) is 5.69 Å². The van der Waals surface area contributed by atoms with Crippen molar-refractivity contribution in [2.45, 2.75) is 13.8 Å². The summed E-state index contributed by atoms with van der Waals surface area (Å²) in [6.07, 6.45) is 0. The Morgan fingerprint density at radius 2 is 1.54 bits per heavy atom. The van der Waals surface area contributed by atoms with Crippen molar-refractivity contribution in [3.05, 3.63) is 54.1 Å². The third-order valence-electron chi connectivity index (χ3n) is 3.93. The molecule has 2 aromatic rings. The van der Waals surface area contributed by atoms with Crippen LogP contribution in [0.3, 0.4) is 0 Å². The number of benzene rings is 2. The van der Waals surface area contributed by atoms with Crippen molar-refractivity contribution in [1.29, 1.82) is 0 Å². The molecule has 3 N–H and O–H groups in total. The number of hydrogen-bond acceptors (Lipinski definition) is 4. The van der Waals surface area contributed by atoms with Crippen LogP contribution in [0, 0.1) is 5.92 Å². The van der Waals surface area contributed by atoms with E-state index in [0.29, 0.717) is 16.9 Å². The number of anilines is 3. The van der Waals surface area contributed by atoms with Crippen LogP contribution in [0.5, 0.6) is 0 Å². The summed E-state index contributed by atoms with van der Waals surface area (Å²) in [7, 11) is 3.36. The number of carbonyl (C=O) groups excluding carboxylic acids is 3. The molecule has 0 aliphatic heterocycles. The lowest BCUT2D eigenvalue weighted by atomic mass is 10.2. The van der Waals surface area contributed by atoms with Crippen LogP contribution < -0.4 is 16.0 Å². The van der Waals surface area contributed by atoms with Crippen LogP contribution in [0.25, 0.3) is 0 Å². The first-order chi connectivity index (χ1) is 13.3. The first kappa shape index (κ1) is 21.0. The van der Waals surface area contributed by atoms with Crippen molar-refractivity contribution in [2.75, 3.05) is 36.6 Å². The third kappa shape index (κ3) is 6.12. The molecule has 0 aliphatic carbocycles. The van der Waals surface area contributed by atoms with Gasteiger partial charge < -0.3 is 20.9 Å². The number of nitrogens with one attached hydrogen (secondary N) is 3. The van der Waals surface area contributed by atoms with Crippen LogP contribution in [-0.2, 0) is 9.59 Å². The zero-order chi connectivity index (χ0) is 20.7. The van der Waals surface area contributed by atoms with E-state index in [4.69, 9.17) is 0 Å². The van der Waals surface area contributed by atoms with Crippen molar-refractivity contribution in [3.63, 3.8) is 0 Å². The van der Waals surface area contributed by atoms with Gasteiger partial charge >= 0.3 is 0 Å². The molecule has 28 heavy (non-hydrogen) atoms. The van der Waals surface area contributed by atoms with Crippen molar-refractivity contribution in [1.82, 2.24) is 4.90 Å². The minimum absolute atomic E-state index is 0.0462. The van der Waals surface area contributed by atoms with Crippen molar-refractivity contribution >= 4 is 34.8 Å². The minimum Gasteiger partial charge on any atom is -0.376 e. The molecule has 0 aromatic heterocycles. The first-order valence-electron chi connectivity index (χ1n) is 9.02. The van der Waals surface area contributed by atoms with Crippen LogP contribution in [0.2, 0.25) is 0 Å². The van der Waals surface area contributed by atoms with Gasteiger partial charge in [0, 0.05) is 42.6 Å². The highest BCUT2D eigenvalue weighted by molar-refractivity contribution is 5.98. The van der Waals surface area contributed by atoms with Crippen LogP contribution >= 0.6 is 0 Å². The van der Waals surface area contributed by atoms with Crippen LogP contribution in [0.15, 0.2) is 48.5 Å². The van der Waals surface area contributed by atoms with Gasteiger partial charge in [-0.15, -0.1) is 0 Å². The lowest BCUT2D eigenvalue weighted by molar-refractivity contribution is -0.119. The van der Waals surface area contributed by atoms with Crippen LogP contribution in [0.1, 0.15) is 24.2 Å². The predicted octanol–water partition coefficient (Wildman–Crippen LogP) is 3.03. The van der Waals surface area contributed by atoms with Gasteiger partial charge in [-0.3, -0.25) is 14.4 Å². The molecule has 0 atom stereocenters. The quantitative estimate of drug-likeness (QED) is 0.686. The Hall–Kier alpha value is -3.35. The highest BCUT2D eigenvalue weighted by atomic mass is 16.2. The molecule has 0 radical (unpaired) electrons. The number of amides is 3. The Bertz CT molecular complexity index is 845. The molecule has 0 spiro atoms. The van der Waals surface area contributed by atoms with Gasteiger partial charge in [0.1, 0.15) is 0 Å². The summed E-state index contributed by atoms with van der Waals surface area (Å²) in [5.41, 5.74) is 2.53. The molecule has 7 heteroatoms. The largest absolute Gasteiger partial charge is 0.376 e. The fourth-order valence-electron chi connectivity index (χ4n) is 2.33. The summed E-state index contributed by atoms with van der Waals surface area (Å²) in [6, 6.07) is 13.9. The Kier molecular flexibility index (Phi) is 7.14. The maximum Gasteiger partial charge on any atom is 0.253 e. The first-order valence-corrected chi connectivity index (χ1v) is 9.02. The second-order valence-corrected chi connectivity index (χ2v) is 6.90. The molecule has 0 aliphatic rings. The van der Waals surface area contributed by atoms with Crippen molar-refractivity contribution in [2.24, 2.45) is 5.92 Å². The third-order valence-corrected chi connectivity index (χ3v) is 3.93. The average Bonchev–Trinajstić information content (AvgIpc) is 2.66. The second kappa shape index (κ2) is 9.55. The van der Waals surface area contributed by atoms with Gasteiger partial charge in [0.2, 0.25) is 11.8 Å². The van der Waals surface area contributed by atoms with E-state index in [1.54, 1.807) is 62.6 Å². The molecule has 2 aromatic carbocycles. The van der Waals surface area contributed by atoms with Gasteiger partial charge in [0.15, 0.2) is 0 Å². The normalized spacial score (nSPS) is 10.3. The second-order valence-electron chi connectivity index (χ2n) is 6.90. The topological polar surface area (TPSA) is 90.5 Å². The summed E-state index contributed by atoms with van der Waals surface area (Å²) < 4.78 is 0. The van der Waals surface area contributed by atoms with Crippen molar-refractivity contribution in [3.8, 4) is 0 Å². The fourth-order valence-corrected chi connectivity index (χ4v) is 2.33. The molecule has 0 saturated heterocycles. The van der Waals surface area contributed by atoms with E-state index in [-0.39, 0.29) is 30.2 Å². The lowest BCUT2D eigenvalue weighted by Crippen LogP contribution is -2.23. The van der Waals surface area contributed by atoms with E-state index in [2.05, 4.69) is 16.0 Å². The summed E-state index contributed by atoms with van der Waals surface area (Å²) in [6.45, 7) is 3.73. The summed E-state index contributed by atoms with van der Waals surface area (Å²) >= 11 is 0. The maximum absolute atomic E-state index is 12.2. The molecule has 148 valence electrons. The molecule has 3 amide bonds. The minimum atomic E-state index is -0.230. The average molecular weight is 382 g/mol. The Morgan fingerprint density at radius 1 is 0.893 bits per heavy atom. The van der Waals surface area contributed by atoms with E-state index in [1.165, 1.54) is 4.90 Å². The summed E-state index contributed by atoms with van der Waals surface area (Å²) in [5, 5.41) is 8.60. The highest BCUT2D eigenvalue weighted by Crippen LogP contribution is 2.15. The maximum atomic E-state index is 12.2. The van der Waals surface area contributed by atoms with Crippen molar-refractivity contribution < 1.29 is 14.4 Å². The van der Waals surface area contributed by atoms with E-state index < -0.39 is 0 Å². The van der Waals surface area contributed by atoms with Gasteiger partial charge in [-0.25, -0.2) is 0 Å². The smallest absolute Gasteiger partial charge is 0.253 e. The monoisotopic (exact) mass is 382 g/mol. The zero-order valence-electron chi connectivity index (χ0n) is 16.6. The molecule has 7 nitrogen and oxygen atoms in total. The predicted molar refractivity (Wildman–Crippen MR) is 111 cm³/mol. The Morgan fingerprint density at radius 3 is 2.14 bits per heavy atom. The molecule has 0 saturated carbocycles. The lowest BCUT2D eigenvalue weighted by Gasteiger charge is -2.12. The zero-order valence-corrected chi connectivity index (χ0v) is 16.6. The number of rotatable bonds is 7. The van der Waals surface area contributed by atoms with Crippen LogP contribution in [-0.4, -0.2) is 43.3 Å². The molecule has 0 unspecified atom stereocenters. The Labute approximate surface area is 165 Å². The molecular weight excluding hydrogens is 356 g/mol. The van der Waals surface area contributed by atoms with Gasteiger partial charge in [-0.05, 0) is 42.5 Å². The van der Waals surface area contributed by atoms with Gasteiger partial charge in [0.05, 0.1) is 6.54 Å². The van der Waals surface area contributed by atoms with E-state index in [9.17, 15) is 14.4 Å². The Balaban J connectivity index is 1.88.